The van der Waals surface area contributed by atoms with E-state index in [0.29, 0.717) is 6.04 Å². The molecule has 1 saturated heterocycles. The first-order valence-electron chi connectivity index (χ1n) is 6.14. The molecule has 0 saturated carbocycles. The highest BCUT2D eigenvalue weighted by Crippen LogP contribution is 2.07. The fourth-order valence-corrected chi connectivity index (χ4v) is 2.12. The summed E-state index contributed by atoms with van der Waals surface area (Å²) in [6.07, 6.45) is 4.05. The van der Waals surface area contributed by atoms with Crippen molar-refractivity contribution in [3.8, 4) is 0 Å². The SMILES string of the molecule is CC(C)CCCN1CCCNC(C)C1. The van der Waals surface area contributed by atoms with Gasteiger partial charge < -0.3 is 10.2 Å². The van der Waals surface area contributed by atoms with Crippen LogP contribution in [0.5, 0.6) is 0 Å². The second-order valence-corrected chi connectivity index (χ2v) is 5.05. The molecule has 84 valence electrons. The second-order valence-electron chi connectivity index (χ2n) is 5.05. The summed E-state index contributed by atoms with van der Waals surface area (Å²) in [4.78, 5) is 2.62. The highest BCUT2D eigenvalue weighted by molar-refractivity contribution is 4.72. The monoisotopic (exact) mass is 198 g/mol. The summed E-state index contributed by atoms with van der Waals surface area (Å²) in [7, 11) is 0. The van der Waals surface area contributed by atoms with Crippen LogP contribution in [-0.2, 0) is 0 Å². The third-order valence-corrected chi connectivity index (χ3v) is 2.93. The third-order valence-electron chi connectivity index (χ3n) is 2.93. The third kappa shape index (κ3) is 4.97. The molecule has 0 aromatic heterocycles. The molecule has 14 heavy (non-hydrogen) atoms. The van der Waals surface area contributed by atoms with Gasteiger partial charge in [-0.2, -0.15) is 0 Å². The molecule has 0 aliphatic carbocycles. The zero-order valence-electron chi connectivity index (χ0n) is 10.1. The van der Waals surface area contributed by atoms with E-state index in [0.717, 1.165) is 5.92 Å². The van der Waals surface area contributed by atoms with Gasteiger partial charge in [-0.25, -0.2) is 0 Å². The Morgan fingerprint density at radius 2 is 2.21 bits per heavy atom. The molecule has 2 heteroatoms. The van der Waals surface area contributed by atoms with E-state index in [1.54, 1.807) is 0 Å². The normalized spacial score (nSPS) is 25.3. The van der Waals surface area contributed by atoms with Gasteiger partial charge in [-0.3, -0.25) is 0 Å². The molecule has 1 aliphatic rings. The summed E-state index contributed by atoms with van der Waals surface area (Å²) in [6.45, 7) is 11.9. The van der Waals surface area contributed by atoms with Gasteiger partial charge in [-0.15, -0.1) is 0 Å². The predicted molar refractivity (Wildman–Crippen MR) is 62.6 cm³/mol. The Morgan fingerprint density at radius 1 is 1.43 bits per heavy atom. The Hall–Kier alpha value is -0.0800. The number of nitrogens with zero attached hydrogens (tertiary/aromatic N) is 1. The van der Waals surface area contributed by atoms with E-state index in [-0.39, 0.29) is 0 Å². The minimum atomic E-state index is 0.677. The summed E-state index contributed by atoms with van der Waals surface area (Å²) >= 11 is 0. The summed E-state index contributed by atoms with van der Waals surface area (Å²) in [6, 6.07) is 0.677. The van der Waals surface area contributed by atoms with Crippen molar-refractivity contribution in [2.45, 2.75) is 46.1 Å². The second kappa shape index (κ2) is 6.41. The summed E-state index contributed by atoms with van der Waals surface area (Å²) in [5.74, 6) is 0.859. The number of rotatable bonds is 4. The molecule has 0 spiro atoms. The van der Waals surface area contributed by atoms with E-state index in [1.807, 2.05) is 0 Å². The maximum atomic E-state index is 3.53. The first-order chi connectivity index (χ1) is 6.68. The van der Waals surface area contributed by atoms with E-state index in [9.17, 15) is 0 Å². The molecule has 0 aromatic carbocycles. The van der Waals surface area contributed by atoms with Crippen molar-refractivity contribution in [1.82, 2.24) is 10.2 Å². The zero-order valence-corrected chi connectivity index (χ0v) is 10.1. The van der Waals surface area contributed by atoms with Crippen molar-refractivity contribution < 1.29 is 0 Å². The molecule has 1 aliphatic heterocycles. The molecular formula is C12H26N2. The lowest BCUT2D eigenvalue weighted by Gasteiger charge is -2.22. The van der Waals surface area contributed by atoms with Crippen molar-refractivity contribution in [2.24, 2.45) is 5.92 Å². The molecule has 1 heterocycles. The average Bonchev–Trinajstić information content (AvgIpc) is 2.29. The fourth-order valence-electron chi connectivity index (χ4n) is 2.12. The molecule has 0 amide bonds. The van der Waals surface area contributed by atoms with E-state index in [1.165, 1.54) is 45.4 Å². The van der Waals surface area contributed by atoms with E-state index in [2.05, 4.69) is 31.0 Å². The number of nitrogens with one attached hydrogen (secondary N) is 1. The largest absolute Gasteiger partial charge is 0.313 e. The standard InChI is InChI=1S/C12H26N2/c1-11(2)6-4-8-14-9-5-7-13-12(3)10-14/h11-13H,4-10H2,1-3H3. The molecule has 1 unspecified atom stereocenters. The van der Waals surface area contributed by atoms with Gasteiger partial charge in [0, 0.05) is 12.6 Å². The van der Waals surface area contributed by atoms with Crippen LogP contribution in [0, 0.1) is 5.92 Å². The molecule has 1 atom stereocenters. The van der Waals surface area contributed by atoms with Gasteiger partial charge in [0.15, 0.2) is 0 Å². The van der Waals surface area contributed by atoms with Crippen LogP contribution in [0.15, 0.2) is 0 Å². The van der Waals surface area contributed by atoms with Gasteiger partial charge in [0.05, 0.1) is 0 Å². The lowest BCUT2D eigenvalue weighted by atomic mass is 10.1. The quantitative estimate of drug-likeness (QED) is 0.744. The first kappa shape index (κ1) is 12.0. The maximum Gasteiger partial charge on any atom is 0.0166 e. The van der Waals surface area contributed by atoms with Crippen molar-refractivity contribution >= 4 is 0 Å². The summed E-state index contributed by atoms with van der Waals surface area (Å²) in [5, 5.41) is 3.53. The van der Waals surface area contributed by atoms with Crippen LogP contribution in [0.1, 0.15) is 40.0 Å². The van der Waals surface area contributed by atoms with Crippen LogP contribution in [0.4, 0.5) is 0 Å². The van der Waals surface area contributed by atoms with Crippen LogP contribution < -0.4 is 5.32 Å². The van der Waals surface area contributed by atoms with E-state index >= 15 is 0 Å². The van der Waals surface area contributed by atoms with E-state index < -0.39 is 0 Å². The van der Waals surface area contributed by atoms with Gasteiger partial charge in [0.25, 0.3) is 0 Å². The highest BCUT2D eigenvalue weighted by Gasteiger charge is 2.13. The van der Waals surface area contributed by atoms with Crippen LogP contribution in [-0.4, -0.2) is 37.1 Å². The van der Waals surface area contributed by atoms with Crippen LogP contribution >= 0.6 is 0 Å². The van der Waals surface area contributed by atoms with Gasteiger partial charge in [-0.1, -0.05) is 13.8 Å². The highest BCUT2D eigenvalue weighted by atomic mass is 15.2. The minimum Gasteiger partial charge on any atom is -0.313 e. The molecule has 2 nitrogen and oxygen atoms in total. The topological polar surface area (TPSA) is 15.3 Å². The van der Waals surface area contributed by atoms with Gasteiger partial charge in [0.1, 0.15) is 0 Å². The van der Waals surface area contributed by atoms with Crippen LogP contribution in [0.2, 0.25) is 0 Å². The lowest BCUT2D eigenvalue weighted by molar-refractivity contribution is 0.262. The predicted octanol–water partition coefficient (Wildman–Crippen LogP) is 2.11. The van der Waals surface area contributed by atoms with Gasteiger partial charge in [-0.05, 0) is 51.7 Å². The summed E-state index contributed by atoms with van der Waals surface area (Å²) in [5.41, 5.74) is 0. The average molecular weight is 198 g/mol. The Balaban J connectivity index is 2.15. The first-order valence-corrected chi connectivity index (χ1v) is 6.14. The van der Waals surface area contributed by atoms with Crippen LogP contribution in [0.25, 0.3) is 0 Å². The Kier molecular flexibility index (Phi) is 5.49. The Morgan fingerprint density at radius 3 is 2.93 bits per heavy atom. The van der Waals surface area contributed by atoms with E-state index in [4.69, 9.17) is 0 Å². The summed E-state index contributed by atoms with van der Waals surface area (Å²) < 4.78 is 0. The molecular weight excluding hydrogens is 172 g/mol. The number of hydrogen-bond acceptors (Lipinski definition) is 2. The lowest BCUT2D eigenvalue weighted by Crippen LogP contribution is -2.35. The Labute approximate surface area is 89.1 Å². The van der Waals surface area contributed by atoms with Crippen molar-refractivity contribution in [2.75, 3.05) is 26.2 Å². The van der Waals surface area contributed by atoms with Gasteiger partial charge >= 0.3 is 0 Å². The smallest absolute Gasteiger partial charge is 0.0166 e. The minimum absolute atomic E-state index is 0.677. The fraction of sp³-hybridized carbons (Fsp3) is 1.00. The van der Waals surface area contributed by atoms with Gasteiger partial charge in [0.2, 0.25) is 0 Å². The molecule has 1 N–H and O–H groups in total. The maximum absolute atomic E-state index is 3.53. The number of hydrogen-bond donors (Lipinski definition) is 1. The molecule has 1 rings (SSSR count). The van der Waals surface area contributed by atoms with Crippen molar-refractivity contribution in [1.29, 1.82) is 0 Å². The van der Waals surface area contributed by atoms with Crippen molar-refractivity contribution in [3.63, 3.8) is 0 Å². The van der Waals surface area contributed by atoms with Crippen LogP contribution in [0.3, 0.4) is 0 Å². The molecule has 0 aromatic rings. The Bertz CT molecular complexity index is 145. The van der Waals surface area contributed by atoms with Crippen molar-refractivity contribution in [3.05, 3.63) is 0 Å². The molecule has 0 bridgehead atoms. The molecule has 0 radical (unpaired) electrons. The zero-order chi connectivity index (χ0) is 10.4. The molecule has 1 fully saturated rings.